The van der Waals surface area contributed by atoms with E-state index in [0.717, 1.165) is 31.7 Å². The van der Waals surface area contributed by atoms with Crippen LogP contribution in [0, 0.1) is 12.8 Å². The molecule has 1 N–H and O–H groups in total. The minimum absolute atomic E-state index is 0.239. The van der Waals surface area contributed by atoms with Crippen molar-refractivity contribution in [3.8, 4) is 0 Å². The number of carbonyl (C=O) groups is 1. The Labute approximate surface area is 116 Å². The molecule has 104 valence electrons. The fraction of sp³-hybridized carbons (Fsp3) is 0.562. The second-order valence-corrected chi connectivity index (χ2v) is 5.50. The van der Waals surface area contributed by atoms with Crippen LogP contribution in [0.3, 0.4) is 0 Å². The molecule has 1 aliphatic rings. The summed E-state index contributed by atoms with van der Waals surface area (Å²) in [5.41, 5.74) is 3.62. The Morgan fingerprint density at radius 2 is 2.21 bits per heavy atom. The minimum Gasteiger partial charge on any atom is -0.316 e. The number of aryl methyl sites for hydroxylation is 2. The van der Waals surface area contributed by atoms with E-state index < -0.39 is 0 Å². The number of hydrogen-bond donors (Lipinski definition) is 1. The van der Waals surface area contributed by atoms with Crippen LogP contribution in [0.1, 0.15) is 31.4 Å². The number of hydrogen-bond acceptors (Lipinski definition) is 2. The Kier molecular flexibility index (Phi) is 4.59. The predicted octanol–water partition coefficient (Wildman–Crippen LogP) is 2.52. The van der Waals surface area contributed by atoms with Gasteiger partial charge in [-0.1, -0.05) is 32.0 Å². The quantitative estimate of drug-likeness (QED) is 0.886. The highest BCUT2D eigenvalue weighted by molar-refractivity contribution is 5.95. The van der Waals surface area contributed by atoms with E-state index in [1.165, 1.54) is 11.1 Å². The van der Waals surface area contributed by atoms with Gasteiger partial charge in [-0.2, -0.15) is 0 Å². The number of nitrogens with zero attached hydrogens (tertiary/aromatic N) is 1. The van der Waals surface area contributed by atoms with Gasteiger partial charge in [0.25, 0.3) is 0 Å². The first-order chi connectivity index (χ1) is 9.13. The summed E-state index contributed by atoms with van der Waals surface area (Å²) in [5.74, 6) is 0.719. The van der Waals surface area contributed by atoms with Gasteiger partial charge >= 0.3 is 0 Å². The van der Waals surface area contributed by atoms with Crippen molar-refractivity contribution in [2.75, 3.05) is 24.5 Å². The first kappa shape index (κ1) is 14.1. The van der Waals surface area contributed by atoms with Gasteiger partial charge in [0, 0.05) is 25.2 Å². The van der Waals surface area contributed by atoms with Crippen molar-refractivity contribution in [3.63, 3.8) is 0 Å². The number of rotatable bonds is 2. The molecule has 1 fully saturated rings. The number of para-hydroxylation sites is 1. The van der Waals surface area contributed by atoms with E-state index in [9.17, 15) is 4.79 Å². The van der Waals surface area contributed by atoms with Gasteiger partial charge in [0.1, 0.15) is 0 Å². The van der Waals surface area contributed by atoms with Crippen molar-refractivity contribution in [2.45, 2.75) is 33.6 Å². The third-order valence-corrected chi connectivity index (χ3v) is 3.78. The molecule has 1 aromatic rings. The van der Waals surface area contributed by atoms with Gasteiger partial charge in [0.05, 0.1) is 0 Å². The highest BCUT2D eigenvalue weighted by Gasteiger charge is 2.23. The van der Waals surface area contributed by atoms with Gasteiger partial charge in [0.15, 0.2) is 0 Å². The number of benzene rings is 1. The van der Waals surface area contributed by atoms with E-state index >= 15 is 0 Å². The third-order valence-electron chi connectivity index (χ3n) is 3.78. The van der Waals surface area contributed by atoms with Gasteiger partial charge in [-0.05, 0) is 36.9 Å². The van der Waals surface area contributed by atoms with E-state index in [4.69, 9.17) is 0 Å². The lowest BCUT2D eigenvalue weighted by atomic mass is 10.0. The highest BCUT2D eigenvalue weighted by Crippen LogP contribution is 2.27. The fourth-order valence-corrected chi connectivity index (χ4v) is 2.76. The molecular formula is C16H24N2O. The zero-order valence-corrected chi connectivity index (χ0v) is 12.2. The molecule has 3 nitrogen and oxygen atoms in total. The Morgan fingerprint density at radius 3 is 2.95 bits per heavy atom. The summed E-state index contributed by atoms with van der Waals surface area (Å²) in [7, 11) is 0. The molecule has 19 heavy (non-hydrogen) atoms. The topological polar surface area (TPSA) is 32.3 Å². The molecule has 1 atom stereocenters. The highest BCUT2D eigenvalue weighted by atomic mass is 16.2. The summed E-state index contributed by atoms with van der Waals surface area (Å²) in [4.78, 5) is 14.4. The van der Waals surface area contributed by atoms with Crippen molar-refractivity contribution >= 4 is 11.6 Å². The second kappa shape index (κ2) is 6.20. The van der Waals surface area contributed by atoms with Crippen LogP contribution in [0.25, 0.3) is 0 Å². The van der Waals surface area contributed by atoms with Crippen LogP contribution < -0.4 is 10.2 Å². The van der Waals surface area contributed by atoms with Gasteiger partial charge < -0.3 is 10.2 Å². The van der Waals surface area contributed by atoms with Gasteiger partial charge in [-0.3, -0.25) is 4.79 Å². The van der Waals surface area contributed by atoms with Crippen LogP contribution in [0.2, 0.25) is 0 Å². The van der Waals surface area contributed by atoms with Crippen molar-refractivity contribution in [1.29, 1.82) is 0 Å². The fourth-order valence-electron chi connectivity index (χ4n) is 2.76. The van der Waals surface area contributed by atoms with E-state index in [-0.39, 0.29) is 5.91 Å². The summed E-state index contributed by atoms with van der Waals surface area (Å²) < 4.78 is 0. The first-order valence-corrected chi connectivity index (χ1v) is 7.23. The average Bonchev–Trinajstić information content (AvgIpc) is 2.39. The smallest absolute Gasteiger partial charge is 0.228 e. The summed E-state index contributed by atoms with van der Waals surface area (Å²) in [5, 5.41) is 3.34. The second-order valence-electron chi connectivity index (χ2n) is 5.50. The molecule has 1 aromatic carbocycles. The van der Waals surface area contributed by atoms with Gasteiger partial charge in [-0.25, -0.2) is 0 Å². The predicted molar refractivity (Wildman–Crippen MR) is 79.6 cm³/mol. The number of anilines is 1. The van der Waals surface area contributed by atoms with E-state index in [1.807, 2.05) is 4.90 Å². The molecule has 0 aromatic heterocycles. The Hall–Kier alpha value is -1.35. The van der Waals surface area contributed by atoms with Crippen LogP contribution in [0.15, 0.2) is 18.2 Å². The van der Waals surface area contributed by atoms with E-state index in [2.05, 4.69) is 44.3 Å². The molecule has 1 saturated heterocycles. The molecule has 0 saturated carbocycles. The monoisotopic (exact) mass is 260 g/mol. The molecule has 0 bridgehead atoms. The summed E-state index contributed by atoms with van der Waals surface area (Å²) in [6, 6.07) is 6.32. The lowest BCUT2D eigenvalue weighted by molar-refractivity contribution is -0.118. The molecule has 0 radical (unpaired) electrons. The normalized spacial score (nSPS) is 21.1. The van der Waals surface area contributed by atoms with Crippen molar-refractivity contribution in [1.82, 2.24) is 5.32 Å². The molecule has 1 heterocycles. The summed E-state index contributed by atoms with van der Waals surface area (Å²) in [6.07, 6.45) is 1.55. The van der Waals surface area contributed by atoms with Crippen LogP contribution in [-0.2, 0) is 11.2 Å². The van der Waals surface area contributed by atoms with Crippen molar-refractivity contribution < 1.29 is 4.79 Å². The third kappa shape index (κ3) is 3.16. The Morgan fingerprint density at radius 1 is 1.42 bits per heavy atom. The van der Waals surface area contributed by atoms with Crippen molar-refractivity contribution in [3.05, 3.63) is 29.3 Å². The number of nitrogens with one attached hydrogen (secondary N) is 1. The number of carbonyl (C=O) groups excluding carboxylic acids is 1. The first-order valence-electron chi connectivity index (χ1n) is 7.23. The SMILES string of the molecule is CCc1cccc(C)c1N1CC(C)CNCCC1=O. The molecule has 1 aliphatic heterocycles. The molecule has 1 unspecified atom stereocenters. The zero-order chi connectivity index (χ0) is 13.8. The van der Waals surface area contributed by atoms with Gasteiger partial charge in [-0.15, -0.1) is 0 Å². The van der Waals surface area contributed by atoms with Crippen LogP contribution in [0.5, 0.6) is 0 Å². The molecule has 1 amide bonds. The van der Waals surface area contributed by atoms with Crippen LogP contribution >= 0.6 is 0 Å². The van der Waals surface area contributed by atoms with E-state index in [1.54, 1.807) is 0 Å². The summed E-state index contributed by atoms with van der Waals surface area (Å²) >= 11 is 0. The maximum absolute atomic E-state index is 12.4. The maximum atomic E-state index is 12.4. The Balaban J connectivity index is 2.38. The molecule has 2 rings (SSSR count). The number of amides is 1. The minimum atomic E-state index is 0.239. The van der Waals surface area contributed by atoms with Crippen LogP contribution in [-0.4, -0.2) is 25.5 Å². The standard InChI is InChI=1S/C16H24N2O/c1-4-14-7-5-6-13(3)16(14)18-11-12(2)10-17-9-8-15(18)19/h5-7,12,17H,4,8-11H2,1-3H3. The van der Waals surface area contributed by atoms with Crippen molar-refractivity contribution in [2.24, 2.45) is 5.92 Å². The zero-order valence-electron chi connectivity index (χ0n) is 12.2. The molecule has 3 heteroatoms. The molecule has 0 spiro atoms. The van der Waals surface area contributed by atoms with E-state index in [0.29, 0.717) is 12.3 Å². The van der Waals surface area contributed by atoms with Crippen LogP contribution in [0.4, 0.5) is 5.69 Å². The Bertz CT molecular complexity index is 456. The average molecular weight is 260 g/mol. The van der Waals surface area contributed by atoms with Gasteiger partial charge in [0.2, 0.25) is 5.91 Å². The maximum Gasteiger partial charge on any atom is 0.228 e. The molecule has 0 aliphatic carbocycles. The largest absolute Gasteiger partial charge is 0.316 e. The summed E-state index contributed by atoms with van der Waals surface area (Å²) in [6.45, 7) is 9.03. The lowest BCUT2D eigenvalue weighted by Gasteiger charge is -2.31. The lowest BCUT2D eigenvalue weighted by Crippen LogP contribution is -2.43. The molecular weight excluding hydrogens is 236 g/mol.